The van der Waals surface area contributed by atoms with Gasteiger partial charge >= 0.3 is 0 Å². The highest BCUT2D eigenvalue weighted by Gasteiger charge is 1.98. The molecule has 1 aromatic rings. The van der Waals surface area contributed by atoms with E-state index in [9.17, 15) is 4.79 Å². The fraction of sp³-hybridized carbons (Fsp3) is 0.500. The Labute approximate surface area is 103 Å². The van der Waals surface area contributed by atoms with Crippen LogP contribution in [-0.2, 0) is 0 Å². The van der Waals surface area contributed by atoms with Gasteiger partial charge in [-0.25, -0.2) is 0 Å². The summed E-state index contributed by atoms with van der Waals surface area (Å²) in [4.78, 5) is 10.6. The molecule has 0 saturated heterocycles. The van der Waals surface area contributed by atoms with Crippen molar-refractivity contribution in [1.82, 2.24) is 0 Å². The number of carbonyl (C=O) groups is 1. The Hall–Kier alpha value is -1.51. The van der Waals surface area contributed by atoms with E-state index in [1.165, 1.54) is 38.5 Å². The maximum Gasteiger partial charge on any atom is 0.248 e. The molecule has 0 unspecified atom stereocenters. The van der Waals surface area contributed by atoms with Crippen LogP contribution in [0.2, 0.25) is 0 Å². The zero-order valence-corrected chi connectivity index (χ0v) is 10.4. The number of benzene rings is 1. The van der Waals surface area contributed by atoms with Crippen LogP contribution in [0.15, 0.2) is 24.3 Å². The lowest BCUT2D eigenvalue weighted by atomic mass is 10.0. The van der Waals surface area contributed by atoms with Crippen molar-refractivity contribution in [3.63, 3.8) is 0 Å². The zero-order valence-electron chi connectivity index (χ0n) is 10.4. The van der Waals surface area contributed by atoms with Crippen LogP contribution >= 0.6 is 0 Å². The Morgan fingerprint density at radius 2 is 1.41 bits per heavy atom. The van der Waals surface area contributed by atoms with Gasteiger partial charge in [-0.1, -0.05) is 38.5 Å². The molecule has 3 heteroatoms. The zero-order chi connectivity index (χ0) is 12.5. The molecule has 1 saturated carbocycles. The van der Waals surface area contributed by atoms with E-state index in [-0.39, 0.29) is 0 Å². The van der Waals surface area contributed by atoms with Crippen molar-refractivity contribution in [1.29, 1.82) is 0 Å². The second-order valence-electron chi connectivity index (χ2n) is 4.21. The normalized spacial score (nSPS) is 14.4. The number of carbonyl (C=O) groups excluding carboxylic acids is 1. The van der Waals surface area contributed by atoms with E-state index in [1.807, 2.05) is 0 Å². The van der Waals surface area contributed by atoms with Gasteiger partial charge in [-0.2, -0.15) is 0 Å². The van der Waals surface area contributed by atoms with Crippen molar-refractivity contribution >= 4 is 5.91 Å². The molecule has 94 valence electrons. The van der Waals surface area contributed by atoms with Crippen LogP contribution in [-0.4, -0.2) is 13.0 Å². The minimum absolute atomic E-state index is 0.423. The number of ether oxygens (including phenoxy) is 1. The topological polar surface area (TPSA) is 52.3 Å². The van der Waals surface area contributed by atoms with Crippen LogP contribution in [0.4, 0.5) is 0 Å². The summed E-state index contributed by atoms with van der Waals surface area (Å²) in [6, 6.07) is 6.64. The van der Waals surface area contributed by atoms with Crippen LogP contribution < -0.4 is 10.5 Å². The van der Waals surface area contributed by atoms with E-state index in [2.05, 4.69) is 0 Å². The lowest BCUT2D eigenvalue weighted by Gasteiger charge is -2.05. The van der Waals surface area contributed by atoms with E-state index in [0.29, 0.717) is 5.56 Å². The summed E-state index contributed by atoms with van der Waals surface area (Å²) >= 11 is 0. The highest BCUT2D eigenvalue weighted by Crippen LogP contribution is 2.15. The number of hydrogen-bond acceptors (Lipinski definition) is 2. The number of rotatable bonds is 2. The maximum atomic E-state index is 10.6. The van der Waals surface area contributed by atoms with Gasteiger partial charge in [0.15, 0.2) is 0 Å². The third kappa shape index (κ3) is 5.38. The molecule has 2 rings (SSSR count). The molecule has 2 N–H and O–H groups in total. The van der Waals surface area contributed by atoms with Gasteiger partial charge in [0.25, 0.3) is 0 Å². The van der Waals surface area contributed by atoms with E-state index in [4.69, 9.17) is 10.5 Å². The summed E-state index contributed by atoms with van der Waals surface area (Å²) in [6.07, 6.45) is 9.00. The molecule has 1 aromatic carbocycles. The molecule has 17 heavy (non-hydrogen) atoms. The van der Waals surface area contributed by atoms with Crippen LogP contribution in [0, 0.1) is 0 Å². The van der Waals surface area contributed by atoms with Crippen molar-refractivity contribution in [3.8, 4) is 5.75 Å². The third-order valence-electron chi connectivity index (χ3n) is 2.87. The fourth-order valence-corrected chi connectivity index (χ4v) is 1.82. The summed E-state index contributed by atoms with van der Waals surface area (Å²) in [5.41, 5.74) is 5.52. The number of nitrogens with two attached hydrogens (primary N) is 1. The standard InChI is InChI=1S/C8H9NO2.C6H12/c1-11-7-4-2-6(3-5-7)8(9)10;1-2-4-6-5-3-1/h2-5H,1H3,(H2,9,10);1-6H2. The summed E-state index contributed by atoms with van der Waals surface area (Å²) in [6.45, 7) is 0. The van der Waals surface area contributed by atoms with E-state index < -0.39 is 5.91 Å². The minimum atomic E-state index is -0.423. The average molecular weight is 235 g/mol. The van der Waals surface area contributed by atoms with Gasteiger partial charge in [0, 0.05) is 5.56 Å². The first-order chi connectivity index (χ1) is 8.24. The molecular weight excluding hydrogens is 214 g/mol. The Kier molecular flexibility index (Phi) is 6.15. The summed E-state index contributed by atoms with van der Waals surface area (Å²) < 4.78 is 4.90. The molecule has 0 aromatic heterocycles. The molecule has 0 bridgehead atoms. The van der Waals surface area contributed by atoms with Crippen LogP contribution in [0.1, 0.15) is 48.9 Å². The monoisotopic (exact) mass is 235 g/mol. The average Bonchev–Trinajstić information content (AvgIpc) is 2.41. The van der Waals surface area contributed by atoms with Crippen LogP contribution in [0.3, 0.4) is 0 Å². The first kappa shape index (κ1) is 13.6. The van der Waals surface area contributed by atoms with E-state index in [0.717, 1.165) is 5.75 Å². The molecule has 0 atom stereocenters. The fourth-order valence-electron chi connectivity index (χ4n) is 1.82. The Balaban J connectivity index is 0.000000202. The first-order valence-corrected chi connectivity index (χ1v) is 6.18. The SMILES string of the molecule is C1CCCCC1.COc1ccc(C(N)=O)cc1. The highest BCUT2D eigenvalue weighted by atomic mass is 16.5. The Bertz CT molecular complexity index is 317. The first-order valence-electron chi connectivity index (χ1n) is 6.18. The molecule has 1 amide bonds. The van der Waals surface area contributed by atoms with Gasteiger partial charge < -0.3 is 10.5 Å². The van der Waals surface area contributed by atoms with Crippen molar-refractivity contribution in [2.75, 3.05) is 7.11 Å². The number of methoxy groups -OCH3 is 1. The summed E-state index contributed by atoms with van der Waals surface area (Å²) in [5.74, 6) is 0.294. The molecular formula is C14H21NO2. The summed E-state index contributed by atoms with van der Waals surface area (Å²) in [5, 5.41) is 0. The predicted octanol–water partition coefficient (Wildman–Crippen LogP) is 3.13. The molecule has 1 fully saturated rings. The number of primary amides is 1. The lowest BCUT2D eigenvalue weighted by Crippen LogP contribution is -2.10. The van der Waals surface area contributed by atoms with Crippen LogP contribution in [0.5, 0.6) is 5.75 Å². The quantitative estimate of drug-likeness (QED) is 0.856. The molecule has 0 heterocycles. The van der Waals surface area contributed by atoms with Gasteiger partial charge in [0.05, 0.1) is 7.11 Å². The van der Waals surface area contributed by atoms with Gasteiger partial charge in [0.1, 0.15) is 5.75 Å². The van der Waals surface area contributed by atoms with Gasteiger partial charge in [-0.3, -0.25) is 4.79 Å². The lowest BCUT2D eigenvalue weighted by molar-refractivity contribution is 0.100. The van der Waals surface area contributed by atoms with Gasteiger partial charge in [-0.15, -0.1) is 0 Å². The van der Waals surface area contributed by atoms with Gasteiger partial charge in [0.2, 0.25) is 5.91 Å². The maximum absolute atomic E-state index is 10.6. The predicted molar refractivity (Wildman–Crippen MR) is 69.2 cm³/mol. The van der Waals surface area contributed by atoms with Crippen molar-refractivity contribution in [2.45, 2.75) is 38.5 Å². The molecule has 3 nitrogen and oxygen atoms in total. The third-order valence-corrected chi connectivity index (χ3v) is 2.87. The number of hydrogen-bond donors (Lipinski definition) is 1. The Morgan fingerprint density at radius 3 is 1.71 bits per heavy atom. The molecule has 1 aliphatic carbocycles. The Morgan fingerprint density at radius 1 is 1.00 bits per heavy atom. The molecule has 0 aliphatic heterocycles. The second kappa shape index (κ2) is 7.71. The minimum Gasteiger partial charge on any atom is -0.497 e. The second-order valence-corrected chi connectivity index (χ2v) is 4.21. The van der Waals surface area contributed by atoms with Gasteiger partial charge in [-0.05, 0) is 24.3 Å². The van der Waals surface area contributed by atoms with Crippen molar-refractivity contribution in [2.24, 2.45) is 5.73 Å². The van der Waals surface area contributed by atoms with E-state index in [1.54, 1.807) is 31.4 Å². The smallest absolute Gasteiger partial charge is 0.248 e. The highest BCUT2D eigenvalue weighted by molar-refractivity contribution is 5.92. The van der Waals surface area contributed by atoms with Crippen molar-refractivity contribution < 1.29 is 9.53 Å². The molecule has 0 spiro atoms. The number of amides is 1. The van der Waals surface area contributed by atoms with E-state index >= 15 is 0 Å². The molecule has 0 radical (unpaired) electrons. The van der Waals surface area contributed by atoms with Crippen molar-refractivity contribution in [3.05, 3.63) is 29.8 Å². The van der Waals surface area contributed by atoms with Crippen LogP contribution in [0.25, 0.3) is 0 Å². The molecule has 1 aliphatic rings. The largest absolute Gasteiger partial charge is 0.497 e. The summed E-state index contributed by atoms with van der Waals surface area (Å²) in [7, 11) is 1.57.